The maximum atomic E-state index is 13.4. The number of carbonyl (C=O) groups is 1. The zero-order valence-electron chi connectivity index (χ0n) is 16.5. The minimum absolute atomic E-state index is 0.0707. The van der Waals surface area contributed by atoms with Gasteiger partial charge in [-0.05, 0) is 35.4 Å². The van der Waals surface area contributed by atoms with Crippen LogP contribution < -0.4 is 4.74 Å². The molecule has 0 bridgehead atoms. The largest absolute Gasteiger partial charge is 0.497 e. The number of aryl methyl sites for hydroxylation is 1. The quantitative estimate of drug-likeness (QED) is 0.501. The number of nitrogens with zero attached hydrogens (tertiary/aromatic N) is 2. The highest BCUT2D eigenvalue weighted by atomic mass is 16.5. The van der Waals surface area contributed by atoms with Crippen LogP contribution in [0.15, 0.2) is 79.0 Å². The summed E-state index contributed by atoms with van der Waals surface area (Å²) in [7, 11) is 3.72. The number of benzene rings is 3. The van der Waals surface area contributed by atoms with Gasteiger partial charge in [0.2, 0.25) is 0 Å². The van der Waals surface area contributed by atoms with Gasteiger partial charge in [-0.1, -0.05) is 48.5 Å². The van der Waals surface area contributed by atoms with Gasteiger partial charge in [0, 0.05) is 41.8 Å². The molecule has 1 aliphatic rings. The van der Waals surface area contributed by atoms with Crippen molar-refractivity contribution in [2.45, 2.75) is 12.6 Å². The molecule has 3 aromatic carbocycles. The SMILES string of the molecule is COc1cccc(CN2C(=O)c3ccccc3C2c2cn(C)c3ccccc23)c1. The van der Waals surface area contributed by atoms with E-state index in [-0.39, 0.29) is 11.9 Å². The van der Waals surface area contributed by atoms with E-state index in [4.69, 9.17) is 4.74 Å². The van der Waals surface area contributed by atoms with Gasteiger partial charge in [0.25, 0.3) is 5.91 Å². The Morgan fingerprint density at radius 2 is 1.72 bits per heavy atom. The van der Waals surface area contributed by atoms with Crippen LogP contribution in [0.5, 0.6) is 5.75 Å². The molecule has 144 valence electrons. The number of amides is 1. The third-order valence-electron chi connectivity index (χ3n) is 5.77. The minimum Gasteiger partial charge on any atom is -0.497 e. The highest BCUT2D eigenvalue weighted by molar-refractivity contribution is 6.00. The molecule has 2 heterocycles. The molecule has 5 rings (SSSR count). The first-order valence-corrected chi connectivity index (χ1v) is 9.74. The molecule has 0 spiro atoms. The van der Waals surface area contributed by atoms with Crippen molar-refractivity contribution in [2.24, 2.45) is 7.05 Å². The molecule has 1 atom stereocenters. The topological polar surface area (TPSA) is 34.5 Å². The van der Waals surface area contributed by atoms with Gasteiger partial charge in [-0.15, -0.1) is 0 Å². The van der Waals surface area contributed by atoms with Gasteiger partial charge in [0.05, 0.1) is 13.2 Å². The van der Waals surface area contributed by atoms with Crippen molar-refractivity contribution in [2.75, 3.05) is 7.11 Å². The Labute approximate surface area is 170 Å². The Balaban J connectivity index is 1.66. The van der Waals surface area contributed by atoms with Crippen LogP contribution in [0.4, 0.5) is 0 Å². The fourth-order valence-electron chi connectivity index (χ4n) is 4.43. The van der Waals surface area contributed by atoms with Crippen LogP contribution in [0.3, 0.4) is 0 Å². The third kappa shape index (κ3) is 2.80. The van der Waals surface area contributed by atoms with Crippen molar-refractivity contribution in [3.8, 4) is 5.75 Å². The Morgan fingerprint density at radius 3 is 2.59 bits per heavy atom. The smallest absolute Gasteiger partial charge is 0.255 e. The number of rotatable bonds is 4. The monoisotopic (exact) mass is 382 g/mol. The lowest BCUT2D eigenvalue weighted by atomic mass is 9.97. The van der Waals surface area contributed by atoms with Gasteiger partial charge < -0.3 is 14.2 Å². The standard InChI is InChI=1S/C25H22N2O2/c1-26-16-22(19-10-5-6-13-23(19)26)24-20-11-3-4-12-21(20)25(28)27(24)15-17-8-7-9-18(14-17)29-2/h3-14,16,24H,15H2,1-2H3. The molecule has 29 heavy (non-hydrogen) atoms. The summed E-state index contributed by atoms with van der Waals surface area (Å²) in [6, 6.07) is 24.1. The van der Waals surface area contributed by atoms with E-state index >= 15 is 0 Å². The predicted octanol–water partition coefficient (Wildman–Crippen LogP) is 4.93. The van der Waals surface area contributed by atoms with Crippen LogP contribution >= 0.6 is 0 Å². The first kappa shape index (κ1) is 17.6. The molecule has 4 heteroatoms. The molecular weight excluding hydrogens is 360 g/mol. The molecule has 0 saturated carbocycles. The summed E-state index contributed by atoms with van der Waals surface area (Å²) in [5, 5.41) is 1.18. The number of hydrogen-bond donors (Lipinski definition) is 0. The van der Waals surface area contributed by atoms with Gasteiger partial charge in [-0.25, -0.2) is 0 Å². The average Bonchev–Trinajstić information content (AvgIpc) is 3.23. The van der Waals surface area contributed by atoms with E-state index in [1.807, 2.05) is 53.4 Å². The summed E-state index contributed by atoms with van der Waals surface area (Å²) >= 11 is 0. The van der Waals surface area contributed by atoms with Crippen molar-refractivity contribution in [1.29, 1.82) is 0 Å². The van der Waals surface area contributed by atoms with Crippen molar-refractivity contribution in [1.82, 2.24) is 9.47 Å². The third-order valence-corrected chi connectivity index (χ3v) is 5.77. The van der Waals surface area contributed by atoms with Gasteiger partial charge in [-0.3, -0.25) is 4.79 Å². The number of para-hydroxylation sites is 1. The number of methoxy groups -OCH3 is 1. The first-order valence-electron chi connectivity index (χ1n) is 9.74. The number of carbonyl (C=O) groups excluding carboxylic acids is 1. The Morgan fingerprint density at radius 1 is 0.931 bits per heavy atom. The molecule has 0 saturated heterocycles. The molecule has 4 nitrogen and oxygen atoms in total. The second-order valence-corrected chi connectivity index (χ2v) is 7.49. The molecule has 1 aliphatic heterocycles. The predicted molar refractivity (Wildman–Crippen MR) is 114 cm³/mol. The van der Waals surface area contributed by atoms with E-state index in [0.717, 1.165) is 28.0 Å². The van der Waals surface area contributed by atoms with Crippen molar-refractivity contribution >= 4 is 16.8 Å². The lowest BCUT2D eigenvalue weighted by molar-refractivity contribution is 0.0736. The van der Waals surface area contributed by atoms with E-state index in [0.29, 0.717) is 6.54 Å². The van der Waals surface area contributed by atoms with Crippen molar-refractivity contribution in [3.05, 3.63) is 101 Å². The molecule has 4 aromatic rings. The number of fused-ring (bicyclic) bond motifs is 2. The molecule has 0 N–H and O–H groups in total. The van der Waals surface area contributed by atoms with Crippen LogP contribution in [0.25, 0.3) is 10.9 Å². The van der Waals surface area contributed by atoms with Crippen LogP contribution in [-0.2, 0) is 13.6 Å². The molecule has 0 radical (unpaired) electrons. The van der Waals surface area contributed by atoms with Crippen LogP contribution in [0, 0.1) is 0 Å². The van der Waals surface area contributed by atoms with Crippen LogP contribution in [-0.4, -0.2) is 22.5 Å². The van der Waals surface area contributed by atoms with Crippen LogP contribution in [0.2, 0.25) is 0 Å². The number of hydrogen-bond acceptors (Lipinski definition) is 2. The summed E-state index contributed by atoms with van der Waals surface area (Å²) in [5.41, 5.74) is 5.23. The number of aromatic nitrogens is 1. The summed E-state index contributed by atoms with van der Waals surface area (Å²) in [4.78, 5) is 15.3. The highest BCUT2D eigenvalue weighted by Gasteiger charge is 2.38. The second kappa shape index (κ2) is 6.82. The van der Waals surface area contributed by atoms with Crippen molar-refractivity contribution < 1.29 is 9.53 Å². The van der Waals surface area contributed by atoms with Crippen LogP contribution in [0.1, 0.15) is 33.1 Å². The summed E-state index contributed by atoms with van der Waals surface area (Å²) < 4.78 is 7.51. The molecule has 1 aromatic heterocycles. The van der Waals surface area contributed by atoms with Gasteiger partial charge >= 0.3 is 0 Å². The lowest BCUT2D eigenvalue weighted by Crippen LogP contribution is -2.28. The van der Waals surface area contributed by atoms with E-state index in [9.17, 15) is 4.79 Å². The molecule has 1 unspecified atom stereocenters. The highest BCUT2D eigenvalue weighted by Crippen LogP contribution is 2.42. The van der Waals surface area contributed by atoms with E-state index < -0.39 is 0 Å². The van der Waals surface area contributed by atoms with E-state index in [2.05, 4.69) is 42.1 Å². The van der Waals surface area contributed by atoms with Gasteiger partial charge in [0.1, 0.15) is 5.75 Å². The first-order chi connectivity index (χ1) is 14.2. The second-order valence-electron chi connectivity index (χ2n) is 7.49. The zero-order chi connectivity index (χ0) is 20.0. The fourth-order valence-corrected chi connectivity index (χ4v) is 4.43. The summed E-state index contributed by atoms with van der Waals surface area (Å²) in [6.45, 7) is 0.526. The molecule has 0 aliphatic carbocycles. The number of ether oxygens (including phenoxy) is 1. The maximum absolute atomic E-state index is 13.4. The van der Waals surface area contributed by atoms with E-state index in [1.54, 1.807) is 7.11 Å². The Kier molecular flexibility index (Phi) is 4.13. The van der Waals surface area contributed by atoms with Gasteiger partial charge in [-0.2, -0.15) is 0 Å². The Hall–Kier alpha value is -3.53. The van der Waals surface area contributed by atoms with Crippen molar-refractivity contribution in [3.63, 3.8) is 0 Å². The maximum Gasteiger partial charge on any atom is 0.255 e. The minimum atomic E-state index is -0.115. The summed E-state index contributed by atoms with van der Waals surface area (Å²) in [6.07, 6.45) is 2.16. The molecular formula is C25H22N2O2. The lowest BCUT2D eigenvalue weighted by Gasteiger charge is -2.26. The molecule has 0 fully saturated rings. The zero-order valence-corrected chi connectivity index (χ0v) is 16.5. The Bertz CT molecular complexity index is 1220. The van der Waals surface area contributed by atoms with Gasteiger partial charge in [0.15, 0.2) is 0 Å². The average molecular weight is 382 g/mol. The van der Waals surface area contributed by atoms with E-state index in [1.165, 1.54) is 10.9 Å². The molecule has 1 amide bonds. The normalized spacial score (nSPS) is 15.7. The fraction of sp³-hybridized carbons (Fsp3) is 0.160. The summed E-state index contributed by atoms with van der Waals surface area (Å²) in [5.74, 6) is 0.870.